The average Bonchev–Trinajstić information content (AvgIpc) is 2.94. The van der Waals surface area contributed by atoms with E-state index in [-0.39, 0.29) is 14.0 Å². The average molecular weight is 805 g/mol. The third-order valence-electron chi connectivity index (χ3n) is 8.76. The van der Waals surface area contributed by atoms with E-state index in [1.54, 1.807) is 0 Å². The highest BCUT2D eigenvalue weighted by Gasteiger charge is 2.14. The number of rotatable bonds is 19. The predicted octanol–water partition coefficient (Wildman–Crippen LogP) is 3.92. The van der Waals surface area contributed by atoms with E-state index in [0.717, 1.165) is 87.9 Å². The van der Waals surface area contributed by atoms with Gasteiger partial charge >= 0.3 is 0 Å². The molecular formula is C35H92N5O8P2S+3. The fraction of sp³-hybridized carbons (Fsp3) is 1.00. The van der Waals surface area contributed by atoms with Crippen molar-refractivity contribution >= 4 is 25.0 Å². The van der Waals surface area contributed by atoms with Gasteiger partial charge in [-0.3, -0.25) is 0 Å². The van der Waals surface area contributed by atoms with Crippen LogP contribution < -0.4 is 9.79 Å². The minimum atomic E-state index is -3.52. The Morgan fingerprint density at radius 2 is 0.784 bits per heavy atom. The zero-order valence-electron chi connectivity index (χ0n) is 36.7. The second-order valence-corrected chi connectivity index (χ2v) is 22.5. The zero-order chi connectivity index (χ0) is 41.3. The van der Waals surface area contributed by atoms with Crippen LogP contribution in [-0.4, -0.2) is 206 Å². The standard InChI is InChI=1S/C8H20NO3P.C8H20NO2S.C7H18NO3P.C6H16N.C5H14N.CH4/c1-5-9(2,3)7-6-8-12-13(4,10)11;1-5-9(2,3)7-6-8-12(4,10)11;1-5-8(2,3)6-7-11-12(4,9)10;1-5-7(3,4)6-2;1-5-6(2,3)4;/h5-8H2,1-4H3;5-8H2,1-4H3;5-7H2,1-4H3;5-6H2,1-4H3;5H2,1-4H3;1H4/q;+1;;2*+1;. The summed E-state index contributed by atoms with van der Waals surface area (Å²) in [6.07, 6.45) is 2.83. The Balaban J connectivity index is -0.000000127. The molecule has 2 atom stereocenters. The number of hydrogen-bond donors (Lipinski definition) is 0. The van der Waals surface area contributed by atoms with Crippen molar-refractivity contribution in [3.8, 4) is 0 Å². The van der Waals surface area contributed by atoms with Gasteiger partial charge in [-0.25, -0.2) is 8.42 Å². The first-order valence-electron chi connectivity index (χ1n) is 18.1. The highest BCUT2D eigenvalue weighted by Crippen LogP contribution is 2.31. The van der Waals surface area contributed by atoms with Gasteiger partial charge in [0.05, 0.1) is 142 Å². The summed E-state index contributed by atoms with van der Waals surface area (Å²) < 4.78 is 56.9. The Labute approximate surface area is 319 Å². The van der Waals surface area contributed by atoms with Crippen molar-refractivity contribution in [2.75, 3.05) is 175 Å². The van der Waals surface area contributed by atoms with Crippen LogP contribution in [0.25, 0.3) is 0 Å². The molecule has 0 saturated carbocycles. The summed E-state index contributed by atoms with van der Waals surface area (Å²) in [6.45, 7) is 25.0. The van der Waals surface area contributed by atoms with Gasteiger partial charge in [0.15, 0.2) is 0 Å². The van der Waals surface area contributed by atoms with Gasteiger partial charge in [-0.05, 0) is 41.5 Å². The maximum atomic E-state index is 10.8. The SMILES string of the molecule is C.CC[N+](C)(C)C.CC[N+](C)(C)CC.CC[N+](C)(C)CCCOP(C)(=O)[O-].CC[N+](C)(C)CCCS(C)(=O)=O.CC[N+](C)(C)CCOP(C)(=O)[O-]. The highest BCUT2D eigenvalue weighted by molar-refractivity contribution is 7.90. The fourth-order valence-electron chi connectivity index (χ4n) is 2.63. The molecule has 318 valence electrons. The van der Waals surface area contributed by atoms with Crippen LogP contribution >= 0.6 is 15.2 Å². The minimum Gasteiger partial charge on any atom is -0.779 e. The van der Waals surface area contributed by atoms with Gasteiger partial charge in [0.1, 0.15) is 38.2 Å². The van der Waals surface area contributed by atoms with Crippen LogP contribution in [0.15, 0.2) is 0 Å². The summed E-state index contributed by atoms with van der Waals surface area (Å²) in [4.78, 5) is 21.2. The lowest BCUT2D eigenvalue weighted by atomic mass is 10.3. The Bertz CT molecular complexity index is 1020. The van der Waals surface area contributed by atoms with Crippen LogP contribution in [0.5, 0.6) is 0 Å². The monoisotopic (exact) mass is 805 g/mol. The summed E-state index contributed by atoms with van der Waals surface area (Å²) in [5, 5.41) is 0. The molecule has 0 heterocycles. The molecule has 0 radical (unpaired) electrons. The van der Waals surface area contributed by atoms with Gasteiger partial charge in [-0.1, -0.05) is 7.43 Å². The lowest BCUT2D eigenvalue weighted by Crippen LogP contribution is -2.41. The van der Waals surface area contributed by atoms with Crippen molar-refractivity contribution in [3.63, 3.8) is 0 Å². The molecule has 0 aromatic rings. The van der Waals surface area contributed by atoms with Crippen LogP contribution in [0.4, 0.5) is 0 Å². The van der Waals surface area contributed by atoms with Gasteiger partial charge in [0.2, 0.25) is 0 Å². The number of quaternary nitrogens is 5. The maximum absolute atomic E-state index is 10.8. The molecule has 0 aromatic heterocycles. The second kappa shape index (κ2) is 29.4. The van der Waals surface area contributed by atoms with Crippen molar-refractivity contribution in [3.05, 3.63) is 0 Å². The smallest absolute Gasteiger partial charge is 0.147 e. The zero-order valence-corrected chi connectivity index (χ0v) is 39.3. The third kappa shape index (κ3) is 62.4. The first-order valence-corrected chi connectivity index (χ1v) is 24.1. The van der Waals surface area contributed by atoms with Crippen LogP contribution in [0.1, 0.15) is 61.8 Å². The van der Waals surface area contributed by atoms with E-state index < -0.39 is 25.0 Å². The van der Waals surface area contributed by atoms with Crippen molar-refractivity contribution in [2.45, 2.75) is 61.8 Å². The van der Waals surface area contributed by atoms with Crippen molar-refractivity contribution in [1.29, 1.82) is 0 Å². The minimum absolute atomic E-state index is 0. The largest absolute Gasteiger partial charge is 0.779 e. The quantitative estimate of drug-likeness (QED) is 0.109. The molecule has 0 aliphatic heterocycles. The molecule has 0 amide bonds. The molecule has 0 aliphatic rings. The molecular weight excluding hydrogens is 712 g/mol. The Morgan fingerprint density at radius 1 is 0.510 bits per heavy atom. The second-order valence-electron chi connectivity index (χ2n) is 16.6. The lowest BCUT2D eigenvalue weighted by molar-refractivity contribution is -0.888. The molecule has 51 heavy (non-hydrogen) atoms. The van der Waals surface area contributed by atoms with Crippen molar-refractivity contribution in [2.24, 2.45) is 0 Å². The molecule has 0 N–H and O–H groups in total. The molecule has 0 bridgehead atoms. The number of hydrogen-bond acceptors (Lipinski definition) is 8. The molecule has 0 rings (SSSR count). The molecule has 13 nitrogen and oxygen atoms in total. The first-order chi connectivity index (χ1) is 22.0. The molecule has 2 unspecified atom stereocenters. The number of nitrogens with zero attached hydrogens (tertiary/aromatic N) is 5. The third-order valence-corrected chi connectivity index (χ3v) is 11.1. The van der Waals surface area contributed by atoms with Gasteiger partial charge in [0, 0.05) is 32.4 Å². The van der Waals surface area contributed by atoms with Crippen LogP contribution in [0.2, 0.25) is 0 Å². The van der Waals surface area contributed by atoms with E-state index in [4.69, 9.17) is 0 Å². The molecule has 16 heteroatoms. The van der Waals surface area contributed by atoms with Gasteiger partial charge in [0.25, 0.3) is 0 Å². The van der Waals surface area contributed by atoms with E-state index in [0.29, 0.717) is 12.4 Å². The first kappa shape index (κ1) is 63.0. The fourth-order valence-corrected chi connectivity index (χ4v) is 4.16. The van der Waals surface area contributed by atoms with Crippen molar-refractivity contribution in [1.82, 2.24) is 0 Å². The Morgan fingerprint density at radius 3 is 1.02 bits per heavy atom. The molecule has 0 aliphatic carbocycles. The molecule has 0 aromatic carbocycles. The van der Waals surface area contributed by atoms with Crippen LogP contribution in [0.3, 0.4) is 0 Å². The number of likely N-dealkylation sites (N-methyl/N-ethyl adjacent to an activating group) is 1. The van der Waals surface area contributed by atoms with E-state index in [2.05, 4.69) is 114 Å². The number of sulfone groups is 1. The van der Waals surface area contributed by atoms with Crippen molar-refractivity contribution < 1.29 is 58.8 Å². The summed E-state index contributed by atoms with van der Waals surface area (Å²) >= 11 is 0. The van der Waals surface area contributed by atoms with Crippen LogP contribution in [-0.2, 0) is 28.0 Å². The maximum Gasteiger partial charge on any atom is 0.147 e. The molecule has 0 fully saturated rings. The Hall–Kier alpha value is 0.0500. The topological polar surface area (TPSA) is 133 Å². The van der Waals surface area contributed by atoms with Gasteiger partial charge in [-0.15, -0.1) is 0 Å². The van der Waals surface area contributed by atoms with E-state index in [9.17, 15) is 27.3 Å². The predicted molar refractivity (Wildman–Crippen MR) is 219 cm³/mol. The summed E-state index contributed by atoms with van der Waals surface area (Å²) in [7, 11) is 13.7. The van der Waals surface area contributed by atoms with E-state index >= 15 is 0 Å². The van der Waals surface area contributed by atoms with E-state index in [1.807, 2.05) is 14.1 Å². The Kier molecular flexibility index (Phi) is 36.3. The highest BCUT2D eigenvalue weighted by atomic mass is 32.2. The normalized spacial score (nSPS) is 14.6. The van der Waals surface area contributed by atoms with Gasteiger partial charge in [-0.2, -0.15) is 0 Å². The summed E-state index contributed by atoms with van der Waals surface area (Å²) in [6, 6.07) is 0. The summed E-state index contributed by atoms with van der Waals surface area (Å²) in [5.41, 5.74) is 0. The summed E-state index contributed by atoms with van der Waals surface area (Å²) in [5.74, 6) is 0.314. The van der Waals surface area contributed by atoms with E-state index in [1.165, 1.54) is 25.9 Å². The molecule has 0 spiro atoms. The van der Waals surface area contributed by atoms with Gasteiger partial charge < -0.3 is 50.4 Å². The molecule has 0 saturated heterocycles. The van der Waals surface area contributed by atoms with Crippen LogP contribution in [0, 0.1) is 0 Å². The lowest BCUT2D eigenvalue weighted by Gasteiger charge is -2.29.